The van der Waals surface area contributed by atoms with Crippen molar-refractivity contribution in [3.8, 4) is 0 Å². The Morgan fingerprint density at radius 3 is 2.66 bits per heavy atom. The molecule has 4 aromatic rings. The summed E-state index contributed by atoms with van der Waals surface area (Å²) in [6.07, 6.45) is 13.2. The van der Waals surface area contributed by atoms with Gasteiger partial charge in [-0.2, -0.15) is 4.98 Å². The van der Waals surface area contributed by atoms with E-state index in [0.717, 1.165) is 67.8 Å². The van der Waals surface area contributed by atoms with E-state index in [1.165, 1.54) is 5.70 Å². The van der Waals surface area contributed by atoms with Gasteiger partial charge in [0.2, 0.25) is 5.95 Å². The highest BCUT2D eigenvalue weighted by molar-refractivity contribution is 5.80. The first kappa shape index (κ1) is 26.8. The first-order valence-corrected chi connectivity index (χ1v) is 14.3. The molecule has 212 valence electrons. The van der Waals surface area contributed by atoms with Gasteiger partial charge in [0.1, 0.15) is 11.5 Å². The van der Waals surface area contributed by atoms with Gasteiger partial charge in [-0.25, -0.2) is 9.97 Å². The first-order valence-electron chi connectivity index (χ1n) is 14.3. The number of aromatic nitrogens is 5. The maximum Gasteiger partial charge on any atom is 0.261 e. The fraction of sp³-hybridized carbons (Fsp3) is 0.355. The van der Waals surface area contributed by atoms with Crippen LogP contribution in [0.5, 0.6) is 0 Å². The van der Waals surface area contributed by atoms with Crippen LogP contribution in [0.3, 0.4) is 0 Å². The van der Waals surface area contributed by atoms with Gasteiger partial charge < -0.3 is 25.4 Å². The van der Waals surface area contributed by atoms with E-state index >= 15 is 0 Å². The summed E-state index contributed by atoms with van der Waals surface area (Å²) in [6.45, 7) is 6.52. The Hall–Kier alpha value is -4.44. The van der Waals surface area contributed by atoms with Crippen molar-refractivity contribution in [2.24, 2.45) is 0 Å². The Balaban J connectivity index is 1.32. The van der Waals surface area contributed by atoms with Crippen LogP contribution in [0.25, 0.3) is 22.4 Å². The Morgan fingerprint density at radius 1 is 1.15 bits per heavy atom. The number of fused-ring (bicyclic) bond motifs is 1. The molecule has 1 aliphatic carbocycles. The molecule has 1 saturated heterocycles. The third kappa shape index (κ3) is 5.74. The fourth-order valence-corrected chi connectivity index (χ4v) is 5.52. The molecule has 0 saturated carbocycles. The number of allylic oxidation sites excluding steroid dienone is 2. The molecule has 3 N–H and O–H groups in total. The second-order valence-electron chi connectivity index (χ2n) is 10.9. The van der Waals surface area contributed by atoms with Crippen LogP contribution in [-0.2, 0) is 6.54 Å². The van der Waals surface area contributed by atoms with Crippen LogP contribution in [-0.4, -0.2) is 62.2 Å². The van der Waals surface area contributed by atoms with E-state index in [1.807, 2.05) is 43.4 Å². The lowest BCUT2D eigenvalue weighted by Gasteiger charge is -2.24. The standard InChI is InChI=1S/C31H37N9O/c1-21(38(2)3)27-18-22-19-34-31(36-24-10-8-23(9-11-24)35-25-12-14-32-15-13-25)37-29(22)40(30(27)41)20-28-33-16-17-39(28)26-6-4-5-7-26/h6,8-11,16-19,25,32,35H,1,4-5,7,12-15,20H2,2-3H3,(H,34,36,37). The summed E-state index contributed by atoms with van der Waals surface area (Å²) in [5, 5.41) is 11.1. The summed E-state index contributed by atoms with van der Waals surface area (Å²) in [7, 11) is 3.76. The summed E-state index contributed by atoms with van der Waals surface area (Å²) in [5.41, 5.74) is 4.72. The van der Waals surface area contributed by atoms with Gasteiger partial charge in [-0.1, -0.05) is 12.7 Å². The maximum absolute atomic E-state index is 13.9. The average molecular weight is 552 g/mol. The summed E-state index contributed by atoms with van der Waals surface area (Å²) in [4.78, 5) is 29.8. The number of rotatable bonds is 9. The summed E-state index contributed by atoms with van der Waals surface area (Å²) in [6, 6.07) is 10.5. The minimum Gasteiger partial charge on any atom is -0.382 e. The minimum absolute atomic E-state index is 0.163. The lowest BCUT2D eigenvalue weighted by Crippen LogP contribution is -2.35. The van der Waals surface area contributed by atoms with E-state index in [9.17, 15) is 4.79 Å². The summed E-state index contributed by atoms with van der Waals surface area (Å²) < 4.78 is 3.78. The molecule has 1 aromatic carbocycles. The van der Waals surface area contributed by atoms with Crippen LogP contribution in [0.4, 0.5) is 17.3 Å². The van der Waals surface area contributed by atoms with E-state index in [-0.39, 0.29) is 12.1 Å². The number of nitrogens with one attached hydrogen (secondary N) is 3. The highest BCUT2D eigenvalue weighted by atomic mass is 16.1. The molecule has 0 radical (unpaired) electrons. The van der Waals surface area contributed by atoms with Crippen molar-refractivity contribution < 1.29 is 0 Å². The number of pyridine rings is 1. The molecule has 0 unspecified atom stereocenters. The van der Waals surface area contributed by atoms with Gasteiger partial charge in [0.05, 0.1) is 12.1 Å². The number of piperidine rings is 1. The number of benzene rings is 1. The molecule has 1 aliphatic heterocycles. The lowest BCUT2D eigenvalue weighted by molar-refractivity contribution is 0.479. The molecule has 2 aliphatic rings. The maximum atomic E-state index is 13.9. The number of hydrogen-bond acceptors (Lipinski definition) is 8. The van der Waals surface area contributed by atoms with E-state index in [0.29, 0.717) is 28.9 Å². The van der Waals surface area contributed by atoms with Crippen LogP contribution in [0, 0.1) is 0 Å². The average Bonchev–Trinajstić information content (AvgIpc) is 3.68. The van der Waals surface area contributed by atoms with Crippen LogP contribution < -0.4 is 21.5 Å². The Kier molecular flexibility index (Phi) is 7.56. The molecule has 0 bridgehead atoms. The third-order valence-corrected chi connectivity index (χ3v) is 7.87. The van der Waals surface area contributed by atoms with Gasteiger partial charge in [-0.15, -0.1) is 0 Å². The molecule has 0 atom stereocenters. The summed E-state index contributed by atoms with van der Waals surface area (Å²) >= 11 is 0. The zero-order valence-electron chi connectivity index (χ0n) is 23.7. The molecule has 4 heterocycles. The predicted octanol–water partition coefficient (Wildman–Crippen LogP) is 4.50. The van der Waals surface area contributed by atoms with E-state index in [1.54, 1.807) is 17.0 Å². The first-order chi connectivity index (χ1) is 20.0. The minimum atomic E-state index is -0.163. The molecule has 10 heteroatoms. The zero-order chi connectivity index (χ0) is 28.3. The monoisotopic (exact) mass is 551 g/mol. The van der Waals surface area contributed by atoms with E-state index < -0.39 is 0 Å². The van der Waals surface area contributed by atoms with Gasteiger partial charge in [-0.05, 0) is 75.5 Å². The van der Waals surface area contributed by atoms with Gasteiger partial charge in [-0.3, -0.25) is 9.36 Å². The van der Waals surface area contributed by atoms with Crippen molar-refractivity contribution in [3.05, 3.63) is 83.3 Å². The quantitative estimate of drug-likeness (QED) is 0.279. The number of imidazole rings is 1. The SMILES string of the molecule is C=C(c1cc2cnc(Nc3ccc(NC4CCNCC4)cc3)nc2n(Cc2nccn2C2=CCCC2)c1=O)N(C)C. The topological polar surface area (TPSA) is 105 Å². The van der Waals surface area contributed by atoms with Crippen molar-refractivity contribution >= 4 is 39.8 Å². The third-order valence-electron chi connectivity index (χ3n) is 7.87. The van der Waals surface area contributed by atoms with Crippen LogP contribution >= 0.6 is 0 Å². The molecule has 0 amide bonds. The lowest BCUT2D eigenvalue weighted by atomic mass is 10.1. The number of anilines is 3. The van der Waals surface area contributed by atoms with Crippen molar-refractivity contribution in [1.29, 1.82) is 0 Å². The molecule has 3 aromatic heterocycles. The molecule has 1 fully saturated rings. The second kappa shape index (κ2) is 11.6. The van der Waals surface area contributed by atoms with Gasteiger partial charge >= 0.3 is 0 Å². The van der Waals surface area contributed by atoms with Crippen molar-refractivity contribution in [2.45, 2.75) is 44.7 Å². The highest BCUT2D eigenvalue weighted by Gasteiger charge is 2.19. The summed E-state index contributed by atoms with van der Waals surface area (Å²) in [5.74, 6) is 1.21. The van der Waals surface area contributed by atoms with Crippen molar-refractivity contribution in [1.82, 2.24) is 34.3 Å². The Morgan fingerprint density at radius 2 is 1.93 bits per heavy atom. The molecule has 10 nitrogen and oxygen atoms in total. The van der Waals surface area contributed by atoms with Crippen LogP contribution in [0.15, 0.2) is 66.4 Å². The van der Waals surface area contributed by atoms with Crippen molar-refractivity contribution in [3.63, 3.8) is 0 Å². The fourth-order valence-electron chi connectivity index (χ4n) is 5.52. The van der Waals surface area contributed by atoms with Gasteiger partial charge in [0.15, 0.2) is 0 Å². The normalized spacial score (nSPS) is 15.6. The smallest absolute Gasteiger partial charge is 0.261 e. The van der Waals surface area contributed by atoms with Gasteiger partial charge in [0.25, 0.3) is 5.56 Å². The molecular formula is C31H37N9O. The zero-order valence-corrected chi connectivity index (χ0v) is 23.7. The number of nitrogens with zero attached hydrogens (tertiary/aromatic N) is 6. The molecule has 41 heavy (non-hydrogen) atoms. The Bertz CT molecular complexity index is 1640. The molecule has 0 spiro atoms. The molecular weight excluding hydrogens is 514 g/mol. The van der Waals surface area contributed by atoms with E-state index in [2.05, 4.69) is 55.3 Å². The van der Waals surface area contributed by atoms with Gasteiger partial charge in [0, 0.05) is 66.9 Å². The largest absolute Gasteiger partial charge is 0.382 e. The molecule has 6 rings (SSSR count). The second-order valence-corrected chi connectivity index (χ2v) is 10.9. The van der Waals surface area contributed by atoms with Crippen molar-refractivity contribution in [2.75, 3.05) is 37.8 Å². The predicted molar refractivity (Wildman–Crippen MR) is 165 cm³/mol. The van der Waals surface area contributed by atoms with Crippen LogP contribution in [0.1, 0.15) is 43.5 Å². The Labute approximate surface area is 239 Å². The highest BCUT2D eigenvalue weighted by Crippen LogP contribution is 2.25. The number of hydrogen-bond donors (Lipinski definition) is 3. The van der Waals surface area contributed by atoms with Crippen LogP contribution in [0.2, 0.25) is 0 Å². The van der Waals surface area contributed by atoms with E-state index in [4.69, 9.17) is 4.98 Å².